The summed E-state index contributed by atoms with van der Waals surface area (Å²) in [6.45, 7) is 0. The van der Waals surface area contributed by atoms with Crippen LogP contribution in [0.25, 0.3) is 38.8 Å². The van der Waals surface area contributed by atoms with Gasteiger partial charge in [0.2, 0.25) is 0 Å². The second-order valence-electron chi connectivity index (χ2n) is 7.12. The van der Waals surface area contributed by atoms with E-state index in [0.29, 0.717) is 11.5 Å². The molecule has 3 heterocycles. The van der Waals surface area contributed by atoms with Gasteiger partial charge in [0.1, 0.15) is 23.5 Å². The Morgan fingerprint density at radius 3 is 2.68 bits per heavy atom. The number of anilines is 1. The second-order valence-corrected chi connectivity index (χ2v) is 7.12. The maximum absolute atomic E-state index is 12.6. The minimum absolute atomic E-state index is 0.269. The van der Waals surface area contributed by atoms with Crippen LogP contribution in [-0.4, -0.2) is 25.5 Å². The van der Waals surface area contributed by atoms with Crippen molar-refractivity contribution in [2.24, 2.45) is 7.05 Å². The Morgan fingerprint density at radius 2 is 1.87 bits per heavy atom. The number of nitrogen functional groups attached to an aromatic ring is 1. The number of rotatable bonds is 3. The molecule has 0 bridgehead atoms. The number of alkyl halides is 3. The van der Waals surface area contributed by atoms with Crippen molar-refractivity contribution < 1.29 is 17.9 Å². The lowest BCUT2D eigenvalue weighted by atomic mass is 10.0. The Labute approximate surface area is 174 Å². The zero-order valence-corrected chi connectivity index (χ0v) is 16.3. The summed E-state index contributed by atoms with van der Waals surface area (Å²) < 4.78 is 45.4. The minimum Gasteiger partial charge on any atom is -0.406 e. The first kappa shape index (κ1) is 19.0. The van der Waals surface area contributed by atoms with Crippen LogP contribution in [0.1, 0.15) is 0 Å². The van der Waals surface area contributed by atoms with Crippen LogP contribution in [0, 0.1) is 0 Å². The third kappa shape index (κ3) is 3.33. The van der Waals surface area contributed by atoms with Crippen LogP contribution in [-0.2, 0) is 7.05 Å². The third-order valence-corrected chi connectivity index (χ3v) is 5.11. The predicted molar refractivity (Wildman–Crippen MR) is 112 cm³/mol. The van der Waals surface area contributed by atoms with Crippen LogP contribution in [0.15, 0.2) is 67.3 Å². The quantitative estimate of drug-likeness (QED) is 0.440. The van der Waals surface area contributed by atoms with Gasteiger partial charge in [-0.05, 0) is 35.9 Å². The van der Waals surface area contributed by atoms with Gasteiger partial charge in [-0.25, -0.2) is 9.97 Å². The molecule has 0 aliphatic carbocycles. The number of hydrogen-bond donors (Lipinski definition) is 1. The summed E-state index contributed by atoms with van der Waals surface area (Å²) in [5.41, 5.74) is 10.1. The summed E-state index contributed by atoms with van der Waals surface area (Å²) in [5, 5.41) is 1.70. The SMILES string of the molecule is Cn1cc(-c2ccc3c(ccn3-c3cccc(OC(F)(F)F)c3)c2)c2c(N)ncnc21. The molecule has 5 aromatic rings. The molecule has 0 saturated carbocycles. The van der Waals surface area contributed by atoms with Crippen molar-refractivity contribution in [1.29, 1.82) is 0 Å². The second kappa shape index (κ2) is 6.76. The maximum Gasteiger partial charge on any atom is 0.573 e. The van der Waals surface area contributed by atoms with E-state index in [1.807, 2.05) is 52.8 Å². The molecule has 9 heteroatoms. The molecule has 2 N–H and O–H groups in total. The van der Waals surface area contributed by atoms with Gasteiger partial charge in [-0.15, -0.1) is 13.2 Å². The highest BCUT2D eigenvalue weighted by Gasteiger charge is 2.31. The van der Waals surface area contributed by atoms with Crippen molar-refractivity contribution in [2.75, 3.05) is 5.73 Å². The number of aryl methyl sites for hydroxylation is 1. The molecule has 156 valence electrons. The largest absolute Gasteiger partial charge is 0.573 e. The first-order valence-electron chi connectivity index (χ1n) is 9.33. The van der Waals surface area contributed by atoms with Crippen LogP contribution in [0.5, 0.6) is 5.75 Å². The molecule has 0 radical (unpaired) electrons. The van der Waals surface area contributed by atoms with E-state index in [-0.39, 0.29) is 5.75 Å². The Kier molecular flexibility index (Phi) is 4.14. The fraction of sp³-hybridized carbons (Fsp3) is 0.0909. The van der Waals surface area contributed by atoms with Crippen LogP contribution in [0.4, 0.5) is 19.0 Å². The number of nitrogens with two attached hydrogens (primary N) is 1. The van der Waals surface area contributed by atoms with Gasteiger partial charge in [0.05, 0.1) is 10.9 Å². The number of ether oxygens (including phenoxy) is 1. The van der Waals surface area contributed by atoms with Crippen molar-refractivity contribution in [3.8, 4) is 22.6 Å². The number of nitrogens with zero attached hydrogens (tertiary/aromatic N) is 4. The summed E-state index contributed by atoms with van der Waals surface area (Å²) in [7, 11) is 1.89. The first-order valence-corrected chi connectivity index (χ1v) is 9.33. The fourth-order valence-corrected chi connectivity index (χ4v) is 3.82. The standard InChI is InChI=1S/C22H16F3N5O/c1-29-11-17(19-20(26)27-12-28-21(19)29)13-5-6-18-14(9-13)7-8-30(18)15-3-2-4-16(10-15)31-22(23,24)25/h2-12H,1H3,(H2,26,27,28). The summed E-state index contributed by atoms with van der Waals surface area (Å²) in [4.78, 5) is 8.41. The number of fused-ring (bicyclic) bond motifs is 2. The van der Waals surface area contributed by atoms with E-state index in [0.717, 1.165) is 33.1 Å². The predicted octanol–water partition coefficient (Wildman–Crippen LogP) is 5.06. The van der Waals surface area contributed by atoms with E-state index in [1.54, 1.807) is 6.07 Å². The van der Waals surface area contributed by atoms with Crippen molar-refractivity contribution in [2.45, 2.75) is 6.36 Å². The summed E-state index contributed by atoms with van der Waals surface area (Å²) in [6, 6.07) is 13.6. The molecule has 6 nitrogen and oxygen atoms in total. The van der Waals surface area contributed by atoms with Crippen molar-refractivity contribution in [1.82, 2.24) is 19.1 Å². The monoisotopic (exact) mass is 423 g/mol. The zero-order valence-electron chi connectivity index (χ0n) is 16.3. The average molecular weight is 423 g/mol. The zero-order chi connectivity index (χ0) is 21.8. The molecule has 0 fully saturated rings. The maximum atomic E-state index is 12.6. The molecule has 0 aliphatic rings. The topological polar surface area (TPSA) is 70.9 Å². The molecule has 0 aliphatic heterocycles. The molecule has 3 aromatic heterocycles. The number of benzene rings is 2. The van der Waals surface area contributed by atoms with E-state index in [2.05, 4.69) is 14.7 Å². The van der Waals surface area contributed by atoms with E-state index in [9.17, 15) is 13.2 Å². The van der Waals surface area contributed by atoms with Gasteiger partial charge in [0.25, 0.3) is 0 Å². The number of halogens is 3. The molecule has 2 aromatic carbocycles. The van der Waals surface area contributed by atoms with Crippen LogP contribution >= 0.6 is 0 Å². The Morgan fingerprint density at radius 1 is 1.03 bits per heavy atom. The highest BCUT2D eigenvalue weighted by molar-refractivity contribution is 6.02. The third-order valence-electron chi connectivity index (χ3n) is 5.11. The van der Waals surface area contributed by atoms with E-state index in [4.69, 9.17) is 5.73 Å². The highest BCUT2D eigenvalue weighted by Crippen LogP contribution is 2.34. The van der Waals surface area contributed by atoms with E-state index >= 15 is 0 Å². The van der Waals surface area contributed by atoms with Crippen LogP contribution < -0.4 is 10.5 Å². The minimum atomic E-state index is -4.74. The molecule has 0 spiro atoms. The molecule has 31 heavy (non-hydrogen) atoms. The van der Waals surface area contributed by atoms with Crippen molar-refractivity contribution in [3.05, 3.63) is 67.3 Å². The smallest absolute Gasteiger partial charge is 0.406 e. The molecule has 0 unspecified atom stereocenters. The van der Waals surface area contributed by atoms with Crippen molar-refractivity contribution >= 4 is 27.8 Å². The molecule has 0 amide bonds. The van der Waals surface area contributed by atoms with Gasteiger partial charge in [-0.3, -0.25) is 0 Å². The van der Waals surface area contributed by atoms with E-state index in [1.165, 1.54) is 24.5 Å². The van der Waals surface area contributed by atoms with Gasteiger partial charge < -0.3 is 19.6 Å². The van der Waals surface area contributed by atoms with E-state index < -0.39 is 6.36 Å². The first-order chi connectivity index (χ1) is 14.8. The summed E-state index contributed by atoms with van der Waals surface area (Å²) >= 11 is 0. The molecule has 5 rings (SSSR count). The van der Waals surface area contributed by atoms with Gasteiger partial charge in [0.15, 0.2) is 0 Å². The molecule has 0 atom stereocenters. The lowest BCUT2D eigenvalue weighted by molar-refractivity contribution is -0.274. The Bertz CT molecular complexity index is 1430. The Hall–Kier alpha value is -4.01. The summed E-state index contributed by atoms with van der Waals surface area (Å²) in [6.07, 6.45) is 0.450. The van der Waals surface area contributed by atoms with Crippen LogP contribution in [0.3, 0.4) is 0 Å². The highest BCUT2D eigenvalue weighted by atomic mass is 19.4. The van der Waals surface area contributed by atoms with Gasteiger partial charge >= 0.3 is 6.36 Å². The molecular formula is C22H16F3N5O. The fourth-order valence-electron chi connectivity index (χ4n) is 3.82. The van der Waals surface area contributed by atoms with Gasteiger partial charge in [0, 0.05) is 42.1 Å². The summed E-state index contributed by atoms with van der Waals surface area (Å²) in [5.74, 6) is 0.134. The lowest BCUT2D eigenvalue weighted by Gasteiger charge is -2.11. The lowest BCUT2D eigenvalue weighted by Crippen LogP contribution is -2.17. The number of aromatic nitrogens is 4. The van der Waals surface area contributed by atoms with Crippen LogP contribution in [0.2, 0.25) is 0 Å². The molecular weight excluding hydrogens is 407 g/mol. The number of hydrogen-bond acceptors (Lipinski definition) is 4. The molecule has 0 saturated heterocycles. The van der Waals surface area contributed by atoms with Crippen molar-refractivity contribution in [3.63, 3.8) is 0 Å². The normalized spacial score (nSPS) is 12.0. The Balaban J connectivity index is 1.59. The average Bonchev–Trinajstić information content (AvgIpc) is 3.29. The van der Waals surface area contributed by atoms with Gasteiger partial charge in [-0.2, -0.15) is 0 Å². The van der Waals surface area contributed by atoms with Gasteiger partial charge in [-0.1, -0.05) is 12.1 Å².